The number of carbonyl (C=O) groups is 3. The molecule has 0 aliphatic carbocycles. The number of Topliss-reactive ketones (excluding diaryl/α,β-unsaturated/α-hetero) is 1. The van der Waals surface area contributed by atoms with Gasteiger partial charge in [-0.15, -0.1) is 16.4 Å². The summed E-state index contributed by atoms with van der Waals surface area (Å²) in [5.74, 6) is -1.23. The molecule has 6 rings (SSSR count). The smallest absolute Gasteiger partial charge is 0.411 e. The lowest BCUT2D eigenvalue weighted by Gasteiger charge is -2.24. The molecule has 2 amide bonds. The highest BCUT2D eigenvalue weighted by atomic mass is 35.5. The molecule has 3 N–H and O–H groups in total. The first-order valence-electron chi connectivity index (χ1n) is 14.8. The number of tetrazole rings is 1. The molecule has 0 unspecified atom stereocenters. The van der Waals surface area contributed by atoms with Gasteiger partial charge in [0.2, 0.25) is 5.91 Å². The van der Waals surface area contributed by atoms with Crippen LogP contribution in [0.5, 0.6) is 0 Å². The van der Waals surface area contributed by atoms with Crippen LogP contribution < -0.4 is 16.2 Å². The van der Waals surface area contributed by atoms with Gasteiger partial charge in [-0.25, -0.2) is 9.78 Å². The van der Waals surface area contributed by atoms with E-state index >= 15 is 0 Å². The summed E-state index contributed by atoms with van der Waals surface area (Å²) >= 11 is 7.50. The number of methoxy groups -OCH3 is 1. The van der Waals surface area contributed by atoms with E-state index < -0.39 is 29.7 Å². The number of nitrogens with one attached hydrogen (secondary N) is 2. The summed E-state index contributed by atoms with van der Waals surface area (Å²) < 4.78 is 7.55. The Morgan fingerprint density at radius 3 is 2.58 bits per heavy atom. The summed E-state index contributed by atoms with van der Waals surface area (Å²) in [4.78, 5) is 57.7. The average Bonchev–Trinajstić information content (AvgIpc) is 3.75. The first-order valence-corrected chi connectivity index (χ1v) is 16.0. The minimum atomic E-state index is -1.00. The zero-order valence-corrected chi connectivity index (χ0v) is 27.5. The molecule has 0 radical (unpaired) electrons. The minimum Gasteiger partial charge on any atom is -0.453 e. The number of nitrogens with zero attached hydrogens (tertiary/aromatic N) is 6. The van der Waals surface area contributed by atoms with Crippen molar-refractivity contribution in [3.8, 4) is 28.1 Å². The van der Waals surface area contributed by atoms with Crippen molar-refractivity contribution in [3.05, 3.63) is 86.3 Å². The molecule has 0 spiro atoms. The molecule has 0 saturated carbocycles. The fourth-order valence-corrected chi connectivity index (χ4v) is 6.99. The van der Waals surface area contributed by atoms with E-state index in [4.69, 9.17) is 16.3 Å². The van der Waals surface area contributed by atoms with Crippen molar-refractivity contribution in [2.75, 3.05) is 17.7 Å². The van der Waals surface area contributed by atoms with Crippen LogP contribution in [-0.2, 0) is 9.53 Å². The highest BCUT2D eigenvalue weighted by molar-refractivity contribution is 7.14. The number of ketones is 1. The van der Waals surface area contributed by atoms with Crippen LogP contribution in [0.3, 0.4) is 0 Å². The normalized spacial score (nSPS) is 17.8. The van der Waals surface area contributed by atoms with E-state index in [0.717, 1.165) is 0 Å². The number of anilines is 2. The van der Waals surface area contributed by atoms with Gasteiger partial charge in [0, 0.05) is 44.3 Å². The van der Waals surface area contributed by atoms with E-state index in [1.165, 1.54) is 53.3 Å². The Morgan fingerprint density at radius 1 is 1.06 bits per heavy atom. The second-order valence-electron chi connectivity index (χ2n) is 11.3. The summed E-state index contributed by atoms with van der Waals surface area (Å²) in [6, 6.07) is 12.4. The fourth-order valence-electron chi connectivity index (χ4n) is 5.63. The molecule has 5 aromatic rings. The van der Waals surface area contributed by atoms with Crippen molar-refractivity contribution in [3.63, 3.8) is 0 Å². The first-order chi connectivity index (χ1) is 23.0. The molecule has 1 aliphatic rings. The largest absolute Gasteiger partial charge is 0.453 e. The van der Waals surface area contributed by atoms with E-state index in [-0.39, 0.29) is 24.5 Å². The third kappa shape index (κ3) is 6.60. The number of hydrogen-bond donors (Lipinski definition) is 3. The molecule has 0 saturated heterocycles. The molecular weight excluding hydrogens is 660 g/mol. The Kier molecular flexibility index (Phi) is 9.17. The minimum absolute atomic E-state index is 0.0672. The van der Waals surface area contributed by atoms with Crippen molar-refractivity contribution in [2.24, 2.45) is 5.92 Å². The third-order valence-electron chi connectivity index (χ3n) is 7.97. The van der Waals surface area contributed by atoms with Crippen LogP contribution in [0.2, 0.25) is 5.02 Å². The number of halogens is 1. The number of benzene rings is 2. The topological polar surface area (TPSA) is 183 Å². The number of aliphatic hydroxyl groups is 1. The standard InChI is InChI=1S/C32H29ClN8O6S/c1-16-8-20(43)11-27(40-14-34-24(13-29(40)44)23-9-18(33)4-7-26(23)41-15-35-38-39-41)28-12-22(30(48-28)17(2)42)21-6-5-19(36-32(46)47-3)10-25(21)37-31(16)45/h4-7,9-10,12-16,20,27,43H,8,11H2,1-3H3,(H,36,46)(H,37,45)/t16-,20-,27+/m1/s1. The Balaban J connectivity index is 1.48. The lowest BCUT2D eigenvalue weighted by Crippen LogP contribution is -2.30. The number of fused-ring (bicyclic) bond motifs is 4. The number of hydrogen-bond acceptors (Lipinski definition) is 11. The van der Waals surface area contributed by atoms with Crippen molar-refractivity contribution in [1.29, 1.82) is 0 Å². The summed E-state index contributed by atoms with van der Waals surface area (Å²) in [6.45, 7) is 3.12. The lowest BCUT2D eigenvalue weighted by atomic mass is 9.94. The Bertz CT molecular complexity index is 2100. The average molecular weight is 689 g/mol. The molecule has 246 valence electrons. The molecule has 2 aromatic carbocycles. The van der Waals surface area contributed by atoms with Crippen LogP contribution in [-0.4, -0.2) is 65.9 Å². The van der Waals surface area contributed by atoms with Gasteiger partial charge in [0.15, 0.2) is 5.78 Å². The highest BCUT2D eigenvalue weighted by Gasteiger charge is 2.29. The van der Waals surface area contributed by atoms with Crippen molar-refractivity contribution in [1.82, 2.24) is 29.8 Å². The Hall–Kier alpha value is -5.25. The van der Waals surface area contributed by atoms with Gasteiger partial charge in [0.05, 0.1) is 47.5 Å². The number of rotatable bonds is 5. The number of aromatic nitrogens is 6. The first kappa shape index (κ1) is 32.7. The quantitative estimate of drug-likeness (QED) is 0.213. The van der Waals surface area contributed by atoms with Gasteiger partial charge in [0.25, 0.3) is 5.56 Å². The number of thiophene rings is 1. The van der Waals surface area contributed by atoms with Gasteiger partial charge in [-0.05, 0) is 66.6 Å². The third-order valence-corrected chi connectivity index (χ3v) is 9.54. The molecular formula is C32H29ClN8O6S. The van der Waals surface area contributed by atoms with E-state index in [9.17, 15) is 24.3 Å². The molecule has 14 nitrogen and oxygen atoms in total. The zero-order chi connectivity index (χ0) is 34.1. The molecule has 3 aromatic heterocycles. The van der Waals surface area contributed by atoms with Gasteiger partial charge >= 0.3 is 6.09 Å². The maximum Gasteiger partial charge on any atom is 0.411 e. The summed E-state index contributed by atoms with van der Waals surface area (Å²) in [5, 5.41) is 28.5. The van der Waals surface area contributed by atoms with Crippen LogP contribution in [0.4, 0.5) is 16.2 Å². The molecule has 16 heteroatoms. The predicted octanol–water partition coefficient (Wildman–Crippen LogP) is 4.97. The highest BCUT2D eigenvalue weighted by Crippen LogP contribution is 2.42. The predicted molar refractivity (Wildman–Crippen MR) is 179 cm³/mol. The van der Waals surface area contributed by atoms with Crippen LogP contribution in [0, 0.1) is 5.92 Å². The second kappa shape index (κ2) is 13.5. The molecule has 48 heavy (non-hydrogen) atoms. The molecule has 3 atom stereocenters. The van der Waals surface area contributed by atoms with Gasteiger partial charge < -0.3 is 15.2 Å². The van der Waals surface area contributed by atoms with E-state index in [0.29, 0.717) is 54.2 Å². The fraction of sp³-hybridized carbons (Fsp3) is 0.250. The molecule has 2 bridgehead atoms. The molecule has 0 fully saturated rings. The van der Waals surface area contributed by atoms with Gasteiger partial charge in [-0.3, -0.25) is 24.3 Å². The lowest BCUT2D eigenvalue weighted by molar-refractivity contribution is -0.120. The van der Waals surface area contributed by atoms with Crippen LogP contribution in [0.15, 0.2) is 66.0 Å². The number of amides is 2. The van der Waals surface area contributed by atoms with Crippen LogP contribution >= 0.6 is 22.9 Å². The maximum atomic E-state index is 13.9. The summed E-state index contributed by atoms with van der Waals surface area (Å²) in [7, 11) is 1.24. The van der Waals surface area contributed by atoms with Crippen LogP contribution in [0.1, 0.15) is 47.3 Å². The van der Waals surface area contributed by atoms with E-state index in [1.807, 2.05) is 0 Å². The Morgan fingerprint density at radius 2 is 1.88 bits per heavy atom. The van der Waals surface area contributed by atoms with E-state index in [1.54, 1.807) is 49.4 Å². The van der Waals surface area contributed by atoms with E-state index in [2.05, 4.69) is 31.1 Å². The van der Waals surface area contributed by atoms with Crippen molar-refractivity contribution >= 4 is 52.1 Å². The summed E-state index contributed by atoms with van der Waals surface area (Å²) in [5.41, 5.74) is 2.75. The Labute approximate surface area is 282 Å². The monoisotopic (exact) mass is 688 g/mol. The second-order valence-corrected chi connectivity index (χ2v) is 12.8. The number of carbonyl (C=O) groups excluding carboxylic acids is 3. The maximum absolute atomic E-state index is 13.9. The van der Waals surface area contributed by atoms with Crippen LogP contribution in [0.25, 0.3) is 28.1 Å². The van der Waals surface area contributed by atoms with Crippen molar-refractivity contribution in [2.45, 2.75) is 38.8 Å². The van der Waals surface area contributed by atoms with Gasteiger partial charge in [-0.2, -0.15) is 4.68 Å². The SMILES string of the molecule is COC(=O)Nc1ccc2c(c1)NC(=O)[C@H](C)C[C@@H](O)C[C@H](n1cnc(-c3cc(Cl)ccc3-n3cnnn3)cc1=O)c1cc-2c(C(C)=O)s1. The number of aliphatic hydroxyl groups excluding tert-OH is 1. The van der Waals surface area contributed by atoms with Gasteiger partial charge in [0.1, 0.15) is 6.33 Å². The molecule has 4 heterocycles. The van der Waals surface area contributed by atoms with Gasteiger partial charge in [-0.1, -0.05) is 24.6 Å². The molecule has 1 aliphatic heterocycles. The summed E-state index contributed by atoms with van der Waals surface area (Å²) in [6.07, 6.45) is 1.28. The van der Waals surface area contributed by atoms with Crippen molar-refractivity contribution < 1.29 is 24.2 Å². The number of ether oxygens (including phenoxy) is 1. The zero-order valence-electron chi connectivity index (χ0n) is 25.9.